The molecule has 0 unspecified atom stereocenters. The van der Waals surface area contributed by atoms with Crippen LogP contribution < -0.4 is 10.6 Å². The molecule has 2 N–H and O–H groups in total. The van der Waals surface area contributed by atoms with E-state index in [1.165, 1.54) is 12.3 Å². The largest absolute Gasteiger partial charge is 0.373 e. The molecule has 78 valence electrons. The maximum atomic E-state index is 12.9. The number of anilines is 1. The molecule has 0 amide bonds. The molecule has 1 heterocycles. The standard InChI is InChI=1S/C10H16FN3/c1-3-4-13-6-8-5-9(11)7-14-10(8)12-2/h5,7,13H,3-4,6H2,1-2H3,(H,12,14). The van der Waals surface area contributed by atoms with Crippen molar-refractivity contribution in [3.63, 3.8) is 0 Å². The van der Waals surface area contributed by atoms with Gasteiger partial charge < -0.3 is 10.6 Å². The second kappa shape index (κ2) is 5.54. The van der Waals surface area contributed by atoms with Crippen LogP contribution in [0.4, 0.5) is 10.2 Å². The third-order valence-electron chi connectivity index (χ3n) is 1.91. The highest BCUT2D eigenvalue weighted by Crippen LogP contribution is 2.12. The van der Waals surface area contributed by atoms with Gasteiger partial charge in [-0.25, -0.2) is 9.37 Å². The summed E-state index contributed by atoms with van der Waals surface area (Å²) in [5.74, 6) is 0.437. The Morgan fingerprint density at radius 1 is 1.50 bits per heavy atom. The van der Waals surface area contributed by atoms with Crippen molar-refractivity contribution in [1.82, 2.24) is 10.3 Å². The molecule has 1 aromatic heterocycles. The first-order valence-corrected chi connectivity index (χ1v) is 4.80. The Labute approximate surface area is 83.7 Å². The number of rotatable bonds is 5. The molecule has 0 saturated heterocycles. The summed E-state index contributed by atoms with van der Waals surface area (Å²) >= 11 is 0. The van der Waals surface area contributed by atoms with Gasteiger partial charge in [0.1, 0.15) is 11.6 Å². The van der Waals surface area contributed by atoms with Gasteiger partial charge in [0.2, 0.25) is 0 Å². The van der Waals surface area contributed by atoms with E-state index in [-0.39, 0.29) is 5.82 Å². The molecular formula is C10H16FN3. The average Bonchev–Trinajstić information content (AvgIpc) is 2.19. The van der Waals surface area contributed by atoms with Crippen LogP contribution in [-0.4, -0.2) is 18.6 Å². The van der Waals surface area contributed by atoms with Gasteiger partial charge in [-0.3, -0.25) is 0 Å². The number of hydrogen-bond donors (Lipinski definition) is 2. The molecule has 0 bridgehead atoms. The molecule has 0 radical (unpaired) electrons. The van der Waals surface area contributed by atoms with Gasteiger partial charge in [-0.1, -0.05) is 6.92 Å². The molecule has 0 fully saturated rings. The van der Waals surface area contributed by atoms with Crippen LogP contribution >= 0.6 is 0 Å². The fourth-order valence-electron chi connectivity index (χ4n) is 1.24. The van der Waals surface area contributed by atoms with Crippen LogP contribution in [0.2, 0.25) is 0 Å². The Kier molecular flexibility index (Phi) is 4.32. The second-order valence-corrected chi connectivity index (χ2v) is 3.09. The van der Waals surface area contributed by atoms with E-state index in [4.69, 9.17) is 0 Å². The first kappa shape index (κ1) is 10.9. The Morgan fingerprint density at radius 3 is 2.93 bits per heavy atom. The highest BCUT2D eigenvalue weighted by atomic mass is 19.1. The van der Waals surface area contributed by atoms with Crippen molar-refractivity contribution >= 4 is 5.82 Å². The van der Waals surface area contributed by atoms with E-state index in [1.807, 2.05) is 0 Å². The Balaban J connectivity index is 2.67. The lowest BCUT2D eigenvalue weighted by Crippen LogP contribution is -2.15. The minimum Gasteiger partial charge on any atom is -0.373 e. The number of halogens is 1. The van der Waals surface area contributed by atoms with Crippen molar-refractivity contribution in [2.24, 2.45) is 0 Å². The molecule has 0 aromatic carbocycles. The number of hydrogen-bond acceptors (Lipinski definition) is 3. The van der Waals surface area contributed by atoms with Gasteiger partial charge >= 0.3 is 0 Å². The lowest BCUT2D eigenvalue weighted by atomic mass is 10.2. The van der Waals surface area contributed by atoms with E-state index in [0.29, 0.717) is 6.54 Å². The molecule has 4 heteroatoms. The second-order valence-electron chi connectivity index (χ2n) is 3.09. The van der Waals surface area contributed by atoms with Gasteiger partial charge in [0, 0.05) is 19.2 Å². The van der Waals surface area contributed by atoms with Gasteiger partial charge in [0.05, 0.1) is 6.20 Å². The van der Waals surface area contributed by atoms with E-state index in [2.05, 4.69) is 22.5 Å². The topological polar surface area (TPSA) is 37.0 Å². The summed E-state index contributed by atoms with van der Waals surface area (Å²) < 4.78 is 12.9. The third-order valence-corrected chi connectivity index (χ3v) is 1.91. The van der Waals surface area contributed by atoms with Crippen molar-refractivity contribution < 1.29 is 4.39 Å². The predicted octanol–water partition coefficient (Wildman–Crippen LogP) is 1.76. The zero-order valence-corrected chi connectivity index (χ0v) is 8.60. The monoisotopic (exact) mass is 197 g/mol. The quantitative estimate of drug-likeness (QED) is 0.706. The Morgan fingerprint density at radius 2 is 2.29 bits per heavy atom. The smallest absolute Gasteiger partial charge is 0.141 e. The lowest BCUT2D eigenvalue weighted by Gasteiger charge is -2.08. The molecule has 1 aromatic rings. The van der Waals surface area contributed by atoms with Crippen molar-refractivity contribution in [1.29, 1.82) is 0 Å². The summed E-state index contributed by atoms with van der Waals surface area (Å²) in [6, 6.07) is 1.50. The van der Waals surface area contributed by atoms with Crippen LogP contribution in [0.25, 0.3) is 0 Å². The molecule has 0 aliphatic carbocycles. The molecule has 3 nitrogen and oxygen atoms in total. The fraction of sp³-hybridized carbons (Fsp3) is 0.500. The lowest BCUT2D eigenvalue weighted by molar-refractivity contribution is 0.612. The highest BCUT2D eigenvalue weighted by molar-refractivity contribution is 5.43. The molecule has 0 aliphatic rings. The molecule has 0 atom stereocenters. The van der Waals surface area contributed by atoms with Gasteiger partial charge in [0.25, 0.3) is 0 Å². The van der Waals surface area contributed by atoms with Gasteiger partial charge in [-0.2, -0.15) is 0 Å². The van der Waals surface area contributed by atoms with Crippen LogP contribution in [-0.2, 0) is 6.54 Å². The average molecular weight is 197 g/mol. The van der Waals surface area contributed by atoms with Crippen LogP contribution in [0.15, 0.2) is 12.3 Å². The first-order chi connectivity index (χ1) is 6.77. The Bertz CT molecular complexity index is 289. The maximum absolute atomic E-state index is 12.9. The van der Waals surface area contributed by atoms with Crippen molar-refractivity contribution in [3.05, 3.63) is 23.6 Å². The fourth-order valence-corrected chi connectivity index (χ4v) is 1.24. The molecule has 0 saturated carbocycles. The summed E-state index contributed by atoms with van der Waals surface area (Å²) in [7, 11) is 1.78. The molecular weight excluding hydrogens is 181 g/mol. The normalized spacial score (nSPS) is 10.2. The molecule has 1 rings (SSSR count). The summed E-state index contributed by atoms with van der Waals surface area (Å²) in [5, 5.41) is 6.14. The number of nitrogens with zero attached hydrogens (tertiary/aromatic N) is 1. The van der Waals surface area contributed by atoms with Crippen molar-refractivity contribution in [3.8, 4) is 0 Å². The SMILES string of the molecule is CCCNCc1cc(F)cnc1NC. The van der Waals surface area contributed by atoms with E-state index >= 15 is 0 Å². The summed E-state index contributed by atoms with van der Waals surface area (Å²) in [6.45, 7) is 3.67. The maximum Gasteiger partial charge on any atom is 0.141 e. The van der Waals surface area contributed by atoms with Crippen LogP contribution in [0.3, 0.4) is 0 Å². The van der Waals surface area contributed by atoms with Gasteiger partial charge in [-0.05, 0) is 19.0 Å². The first-order valence-electron chi connectivity index (χ1n) is 4.80. The summed E-state index contributed by atoms with van der Waals surface area (Å²) in [5.41, 5.74) is 0.862. The third kappa shape index (κ3) is 2.96. The zero-order chi connectivity index (χ0) is 10.4. The minimum absolute atomic E-state index is 0.294. The molecule has 0 spiro atoms. The summed E-state index contributed by atoms with van der Waals surface area (Å²) in [6.07, 6.45) is 2.28. The van der Waals surface area contributed by atoms with E-state index in [9.17, 15) is 4.39 Å². The van der Waals surface area contributed by atoms with Gasteiger partial charge in [0.15, 0.2) is 0 Å². The van der Waals surface area contributed by atoms with E-state index < -0.39 is 0 Å². The highest BCUT2D eigenvalue weighted by Gasteiger charge is 2.03. The molecule has 0 aliphatic heterocycles. The molecule has 14 heavy (non-hydrogen) atoms. The Hall–Kier alpha value is -1.16. The zero-order valence-electron chi connectivity index (χ0n) is 8.60. The van der Waals surface area contributed by atoms with E-state index in [0.717, 1.165) is 24.3 Å². The van der Waals surface area contributed by atoms with Crippen molar-refractivity contribution in [2.45, 2.75) is 19.9 Å². The van der Waals surface area contributed by atoms with Crippen LogP contribution in [0.5, 0.6) is 0 Å². The van der Waals surface area contributed by atoms with Crippen molar-refractivity contribution in [2.75, 3.05) is 18.9 Å². The number of aromatic nitrogens is 1. The van der Waals surface area contributed by atoms with Crippen LogP contribution in [0, 0.1) is 5.82 Å². The summed E-state index contributed by atoms with van der Waals surface area (Å²) in [4.78, 5) is 3.95. The van der Waals surface area contributed by atoms with Crippen LogP contribution in [0.1, 0.15) is 18.9 Å². The number of pyridine rings is 1. The van der Waals surface area contributed by atoms with Gasteiger partial charge in [-0.15, -0.1) is 0 Å². The minimum atomic E-state index is -0.294. The van der Waals surface area contributed by atoms with E-state index in [1.54, 1.807) is 7.05 Å². The predicted molar refractivity (Wildman–Crippen MR) is 55.7 cm³/mol. The number of nitrogens with one attached hydrogen (secondary N) is 2.